The maximum Gasteiger partial charge on any atom is 0.412 e. The first kappa shape index (κ1) is 26.7. The van der Waals surface area contributed by atoms with Crippen molar-refractivity contribution in [1.82, 2.24) is 15.3 Å². The molecule has 3 N–H and O–H groups in total. The minimum atomic E-state index is -0.642. The van der Waals surface area contributed by atoms with Crippen molar-refractivity contribution in [3.05, 3.63) is 58.2 Å². The van der Waals surface area contributed by atoms with Crippen LogP contribution in [-0.2, 0) is 16.1 Å². The van der Waals surface area contributed by atoms with E-state index in [1.807, 2.05) is 19.1 Å². The maximum atomic E-state index is 12.7. The molecule has 0 spiro atoms. The summed E-state index contributed by atoms with van der Waals surface area (Å²) in [5.74, 6) is 0.0790. The molecule has 0 saturated heterocycles. The number of amides is 2. The average Bonchev–Trinajstić information content (AvgIpc) is 2.79. The third kappa shape index (κ3) is 7.79. The number of aromatic nitrogens is 2. The molecule has 2 heterocycles. The minimum Gasteiger partial charge on any atom is -0.444 e. The second-order valence-electron chi connectivity index (χ2n) is 9.73. The quantitative estimate of drug-likeness (QED) is 0.398. The van der Waals surface area contributed by atoms with Gasteiger partial charge in [0, 0.05) is 37.6 Å². The summed E-state index contributed by atoms with van der Waals surface area (Å²) in [5, 5.41) is 8.86. The van der Waals surface area contributed by atoms with Crippen LogP contribution in [0.15, 0.2) is 45.9 Å². The van der Waals surface area contributed by atoms with Gasteiger partial charge in [-0.3, -0.25) is 15.1 Å². The van der Waals surface area contributed by atoms with Gasteiger partial charge < -0.3 is 19.8 Å². The number of carbonyl (C=O) groups excluding carboxylic acids is 2. The number of hydrogen-bond donors (Lipinski definition) is 3. The molecule has 0 fully saturated rings. The number of fused-ring (bicyclic) bond motifs is 1. The van der Waals surface area contributed by atoms with Crippen LogP contribution in [0.4, 0.5) is 16.5 Å². The molecule has 10 nitrogen and oxygen atoms in total. The van der Waals surface area contributed by atoms with Crippen LogP contribution in [0.3, 0.4) is 0 Å². The van der Waals surface area contributed by atoms with E-state index in [-0.39, 0.29) is 23.2 Å². The highest BCUT2D eigenvalue weighted by molar-refractivity contribution is 5.93. The zero-order valence-electron chi connectivity index (χ0n) is 21.3. The number of benzene rings is 1. The number of hydrogen-bond acceptors (Lipinski definition) is 8. The summed E-state index contributed by atoms with van der Waals surface area (Å²) in [6.45, 7) is 9.93. The van der Waals surface area contributed by atoms with Crippen LogP contribution < -0.4 is 21.6 Å². The number of rotatable bonds is 9. The Hall–Kier alpha value is -3.95. The second kappa shape index (κ2) is 11.7. The van der Waals surface area contributed by atoms with Crippen LogP contribution >= 0.6 is 0 Å². The normalized spacial score (nSPS) is 12.1. The van der Waals surface area contributed by atoms with Gasteiger partial charge in [0.25, 0.3) is 6.01 Å². The van der Waals surface area contributed by atoms with Crippen molar-refractivity contribution in [1.29, 1.82) is 0 Å². The lowest BCUT2D eigenvalue weighted by molar-refractivity contribution is -0.122. The van der Waals surface area contributed by atoms with Crippen molar-refractivity contribution in [3.8, 4) is 0 Å². The molecule has 0 bridgehead atoms. The summed E-state index contributed by atoms with van der Waals surface area (Å²) in [6, 6.07) is 7.16. The standard InChI is InChI=1S/C26H33N5O5/c1-16(13-21(32)29-15-18-7-6-11-27-14-18)10-12-28-24-30-20-9-8-19(17(2)22(20)23(33)35-24)31-25(34)36-26(3,4)5/h6-9,11,14,16H,10,12-13,15H2,1-5H3,(H,28,30)(H,29,32)(H,31,34). The minimum absolute atomic E-state index is 0.0343. The van der Waals surface area contributed by atoms with Gasteiger partial charge in [-0.25, -0.2) is 9.59 Å². The molecule has 0 aliphatic carbocycles. The molecule has 36 heavy (non-hydrogen) atoms. The number of aryl methyl sites for hydroxylation is 1. The number of nitrogens with zero attached hydrogens (tertiary/aromatic N) is 2. The zero-order valence-corrected chi connectivity index (χ0v) is 21.3. The molecule has 0 saturated carbocycles. The molecular formula is C26H33N5O5. The number of anilines is 2. The fourth-order valence-electron chi connectivity index (χ4n) is 3.56. The van der Waals surface area contributed by atoms with Crippen LogP contribution in [0.5, 0.6) is 0 Å². The van der Waals surface area contributed by atoms with Crippen molar-refractivity contribution in [2.45, 2.75) is 59.6 Å². The Morgan fingerprint density at radius 3 is 2.67 bits per heavy atom. The van der Waals surface area contributed by atoms with E-state index in [4.69, 9.17) is 9.15 Å². The van der Waals surface area contributed by atoms with Crippen molar-refractivity contribution in [3.63, 3.8) is 0 Å². The van der Waals surface area contributed by atoms with Crippen LogP contribution in [0, 0.1) is 12.8 Å². The summed E-state index contributed by atoms with van der Waals surface area (Å²) in [4.78, 5) is 45.4. The number of nitrogens with one attached hydrogen (secondary N) is 3. The first-order valence-electron chi connectivity index (χ1n) is 11.9. The molecule has 10 heteroatoms. The summed E-state index contributed by atoms with van der Waals surface area (Å²) >= 11 is 0. The van der Waals surface area contributed by atoms with Gasteiger partial charge >= 0.3 is 11.7 Å². The number of ether oxygens (including phenoxy) is 1. The lowest BCUT2D eigenvalue weighted by Gasteiger charge is -2.20. The summed E-state index contributed by atoms with van der Waals surface area (Å²) in [6.07, 6.45) is 3.86. The van der Waals surface area contributed by atoms with Gasteiger partial charge in [0.15, 0.2) is 0 Å². The van der Waals surface area contributed by atoms with E-state index in [0.29, 0.717) is 42.7 Å². The van der Waals surface area contributed by atoms with Crippen LogP contribution in [0.2, 0.25) is 0 Å². The lowest BCUT2D eigenvalue weighted by Crippen LogP contribution is -2.27. The monoisotopic (exact) mass is 495 g/mol. The van der Waals surface area contributed by atoms with Crippen molar-refractivity contribution in [2.24, 2.45) is 5.92 Å². The smallest absolute Gasteiger partial charge is 0.412 e. The second-order valence-corrected chi connectivity index (χ2v) is 9.73. The van der Waals surface area contributed by atoms with E-state index in [0.717, 1.165) is 5.56 Å². The van der Waals surface area contributed by atoms with Crippen molar-refractivity contribution in [2.75, 3.05) is 17.2 Å². The van der Waals surface area contributed by atoms with Gasteiger partial charge in [0.2, 0.25) is 5.91 Å². The Bertz CT molecular complexity index is 1270. The molecule has 0 aliphatic heterocycles. The van der Waals surface area contributed by atoms with E-state index < -0.39 is 17.3 Å². The topological polar surface area (TPSA) is 135 Å². The van der Waals surface area contributed by atoms with E-state index >= 15 is 0 Å². The molecule has 1 unspecified atom stereocenters. The highest BCUT2D eigenvalue weighted by Gasteiger charge is 2.18. The van der Waals surface area contributed by atoms with Crippen molar-refractivity contribution >= 4 is 34.6 Å². The van der Waals surface area contributed by atoms with E-state index in [1.54, 1.807) is 52.2 Å². The molecular weight excluding hydrogens is 462 g/mol. The molecule has 1 aromatic carbocycles. The van der Waals surface area contributed by atoms with E-state index in [2.05, 4.69) is 25.9 Å². The van der Waals surface area contributed by atoms with Crippen molar-refractivity contribution < 1.29 is 18.7 Å². The highest BCUT2D eigenvalue weighted by Crippen LogP contribution is 2.24. The zero-order chi connectivity index (χ0) is 26.3. The van der Waals surface area contributed by atoms with E-state index in [9.17, 15) is 14.4 Å². The fourth-order valence-corrected chi connectivity index (χ4v) is 3.56. The van der Waals surface area contributed by atoms with Gasteiger partial charge in [-0.05, 0) is 69.4 Å². The third-order valence-corrected chi connectivity index (χ3v) is 5.35. The predicted molar refractivity (Wildman–Crippen MR) is 138 cm³/mol. The SMILES string of the molecule is Cc1c(NC(=O)OC(C)(C)C)ccc2nc(NCCC(C)CC(=O)NCc3cccnc3)oc(=O)c12. The lowest BCUT2D eigenvalue weighted by atomic mass is 10.0. The predicted octanol–water partition coefficient (Wildman–Crippen LogP) is 4.38. The van der Waals surface area contributed by atoms with Gasteiger partial charge in [-0.2, -0.15) is 4.98 Å². The molecule has 0 aliphatic rings. The van der Waals surface area contributed by atoms with Crippen LogP contribution in [-0.4, -0.2) is 34.1 Å². The first-order chi connectivity index (χ1) is 17.0. The third-order valence-electron chi connectivity index (χ3n) is 5.35. The summed E-state index contributed by atoms with van der Waals surface area (Å²) in [5.41, 5.74) is 1.18. The molecule has 3 rings (SSSR count). The van der Waals surface area contributed by atoms with Crippen LogP contribution in [0.25, 0.3) is 10.9 Å². The molecule has 192 valence electrons. The summed E-state index contributed by atoms with van der Waals surface area (Å²) in [7, 11) is 0. The molecule has 2 amide bonds. The fraction of sp³-hybridized carbons (Fsp3) is 0.423. The van der Waals surface area contributed by atoms with E-state index in [1.165, 1.54) is 0 Å². The summed E-state index contributed by atoms with van der Waals surface area (Å²) < 4.78 is 10.6. The number of carbonyl (C=O) groups is 2. The van der Waals surface area contributed by atoms with Gasteiger partial charge in [-0.15, -0.1) is 0 Å². The molecule has 1 atom stereocenters. The Morgan fingerprint density at radius 2 is 1.97 bits per heavy atom. The largest absolute Gasteiger partial charge is 0.444 e. The maximum absolute atomic E-state index is 12.7. The highest BCUT2D eigenvalue weighted by atomic mass is 16.6. The molecule has 0 radical (unpaired) electrons. The van der Waals surface area contributed by atoms with Gasteiger partial charge in [0.05, 0.1) is 10.9 Å². The molecule has 2 aromatic heterocycles. The first-order valence-corrected chi connectivity index (χ1v) is 11.9. The molecule has 3 aromatic rings. The average molecular weight is 496 g/mol. The number of pyridine rings is 1. The van der Waals surface area contributed by atoms with Gasteiger partial charge in [-0.1, -0.05) is 13.0 Å². The Morgan fingerprint density at radius 1 is 1.19 bits per heavy atom. The Balaban J connectivity index is 1.54. The van der Waals surface area contributed by atoms with Crippen LogP contribution in [0.1, 0.15) is 51.7 Å². The Labute approximate surface area is 209 Å². The van der Waals surface area contributed by atoms with Gasteiger partial charge in [0.1, 0.15) is 5.60 Å². The Kier molecular flexibility index (Phi) is 8.63.